The molecule has 2 rings (SSSR count). The third kappa shape index (κ3) is 2.25. The van der Waals surface area contributed by atoms with Gasteiger partial charge >= 0.3 is 0 Å². The first kappa shape index (κ1) is 11.2. The van der Waals surface area contributed by atoms with E-state index in [4.69, 9.17) is 10.5 Å². The summed E-state index contributed by atoms with van der Waals surface area (Å²) >= 11 is 3.44. The Morgan fingerprint density at radius 1 is 1.50 bits per heavy atom. The van der Waals surface area contributed by atoms with Gasteiger partial charge in [-0.15, -0.1) is 5.10 Å². The molecule has 0 atom stereocenters. The number of aryl methyl sites for hydroxylation is 1. The number of hydrogen-bond donors (Lipinski definition) is 2. The predicted octanol–water partition coefficient (Wildman–Crippen LogP) is 2.73. The van der Waals surface area contributed by atoms with Crippen LogP contribution in [0.15, 0.2) is 28.7 Å². The number of nitrogens with one attached hydrogen (secondary N) is 1. The number of benzene rings is 1. The van der Waals surface area contributed by atoms with Gasteiger partial charge in [-0.1, -0.05) is 22.0 Å². The highest BCUT2D eigenvalue weighted by molar-refractivity contribution is 9.10. The summed E-state index contributed by atoms with van der Waals surface area (Å²) in [5.74, 6) is 1.27. The molecule has 0 aliphatic heterocycles. The lowest BCUT2D eigenvalue weighted by Crippen LogP contribution is -2.00. The summed E-state index contributed by atoms with van der Waals surface area (Å²) < 4.78 is 6.59. The molecular formula is C11H12BrN3O. The normalized spacial score (nSPS) is 10.4. The van der Waals surface area contributed by atoms with Crippen LogP contribution in [0.5, 0.6) is 11.6 Å². The van der Waals surface area contributed by atoms with Gasteiger partial charge in [0.15, 0.2) is 0 Å². The minimum absolute atomic E-state index is 0.417. The van der Waals surface area contributed by atoms with Gasteiger partial charge in [0.25, 0.3) is 0 Å². The molecule has 4 nitrogen and oxygen atoms in total. The summed E-state index contributed by atoms with van der Waals surface area (Å²) in [4.78, 5) is 0. The number of halogens is 1. The molecule has 16 heavy (non-hydrogen) atoms. The van der Waals surface area contributed by atoms with Crippen molar-refractivity contribution in [1.82, 2.24) is 10.2 Å². The second-order valence-electron chi connectivity index (χ2n) is 3.41. The number of aromatic amines is 1. The van der Waals surface area contributed by atoms with Crippen molar-refractivity contribution in [3.63, 3.8) is 0 Å². The molecule has 0 spiro atoms. The van der Waals surface area contributed by atoms with Crippen LogP contribution in [-0.2, 0) is 6.54 Å². The number of nitrogens with two attached hydrogens (primary N) is 1. The molecule has 5 heteroatoms. The third-order valence-electron chi connectivity index (χ3n) is 2.18. The zero-order valence-corrected chi connectivity index (χ0v) is 10.4. The Morgan fingerprint density at radius 2 is 2.31 bits per heavy atom. The number of aromatic nitrogens is 2. The summed E-state index contributed by atoms with van der Waals surface area (Å²) in [6.45, 7) is 2.34. The Morgan fingerprint density at radius 3 is 2.94 bits per heavy atom. The third-order valence-corrected chi connectivity index (χ3v) is 2.92. The van der Waals surface area contributed by atoms with E-state index in [0.29, 0.717) is 12.4 Å². The van der Waals surface area contributed by atoms with E-state index < -0.39 is 0 Å². The van der Waals surface area contributed by atoms with Gasteiger partial charge in [0.1, 0.15) is 5.75 Å². The quantitative estimate of drug-likeness (QED) is 0.909. The van der Waals surface area contributed by atoms with Crippen LogP contribution in [0.1, 0.15) is 11.3 Å². The van der Waals surface area contributed by atoms with Gasteiger partial charge in [0.2, 0.25) is 5.88 Å². The van der Waals surface area contributed by atoms with Crippen LogP contribution >= 0.6 is 15.9 Å². The van der Waals surface area contributed by atoms with E-state index in [1.807, 2.05) is 31.2 Å². The summed E-state index contributed by atoms with van der Waals surface area (Å²) in [5, 5.41) is 6.84. The summed E-state index contributed by atoms with van der Waals surface area (Å²) in [6.07, 6.45) is 0. The van der Waals surface area contributed by atoms with E-state index in [0.717, 1.165) is 21.5 Å². The first-order valence-corrected chi connectivity index (χ1v) is 5.67. The molecule has 0 fully saturated rings. The van der Waals surface area contributed by atoms with Gasteiger partial charge in [-0.05, 0) is 19.1 Å². The average molecular weight is 282 g/mol. The van der Waals surface area contributed by atoms with Crippen LogP contribution in [0.2, 0.25) is 0 Å². The topological polar surface area (TPSA) is 63.9 Å². The van der Waals surface area contributed by atoms with Gasteiger partial charge in [0, 0.05) is 28.3 Å². The van der Waals surface area contributed by atoms with Gasteiger partial charge in [-0.25, -0.2) is 0 Å². The van der Waals surface area contributed by atoms with Crippen molar-refractivity contribution in [1.29, 1.82) is 0 Å². The van der Waals surface area contributed by atoms with Crippen LogP contribution in [0.25, 0.3) is 0 Å². The van der Waals surface area contributed by atoms with Gasteiger partial charge in [-0.3, -0.25) is 5.10 Å². The number of nitrogens with zero attached hydrogens (tertiary/aromatic N) is 1. The number of H-pyrrole nitrogens is 1. The van der Waals surface area contributed by atoms with Crippen LogP contribution < -0.4 is 10.5 Å². The molecule has 0 aliphatic rings. The minimum atomic E-state index is 0.417. The average Bonchev–Trinajstić information content (AvgIpc) is 2.64. The van der Waals surface area contributed by atoms with Gasteiger partial charge in [-0.2, -0.15) is 0 Å². The molecule has 0 bridgehead atoms. The lowest BCUT2D eigenvalue weighted by Gasteiger charge is -2.08. The number of hydrogen-bond acceptors (Lipinski definition) is 3. The number of rotatable bonds is 3. The molecule has 1 heterocycles. The standard InChI is InChI=1S/C11H12BrN3O/c1-7-5-11(15-14-7)16-10-4-2-3-9(12)8(10)6-13/h2-5H,6,13H2,1H3,(H,14,15). The van der Waals surface area contributed by atoms with Crippen LogP contribution in [0.4, 0.5) is 0 Å². The van der Waals surface area contributed by atoms with Crippen molar-refractivity contribution in [2.24, 2.45) is 5.73 Å². The minimum Gasteiger partial charge on any atom is -0.437 e. The van der Waals surface area contributed by atoms with Crippen LogP contribution in [0.3, 0.4) is 0 Å². The van der Waals surface area contributed by atoms with Crippen LogP contribution in [0, 0.1) is 6.92 Å². The van der Waals surface area contributed by atoms with E-state index in [9.17, 15) is 0 Å². The summed E-state index contributed by atoms with van der Waals surface area (Å²) in [6, 6.07) is 7.54. The molecule has 0 saturated carbocycles. The molecule has 3 N–H and O–H groups in total. The van der Waals surface area contributed by atoms with Gasteiger partial charge in [0.05, 0.1) is 0 Å². The first-order valence-electron chi connectivity index (χ1n) is 4.88. The maximum Gasteiger partial charge on any atom is 0.238 e. The molecule has 1 aromatic heterocycles. The van der Waals surface area contributed by atoms with Crippen molar-refractivity contribution < 1.29 is 4.74 Å². The fourth-order valence-corrected chi connectivity index (χ4v) is 1.90. The molecule has 0 unspecified atom stereocenters. The molecule has 0 saturated heterocycles. The zero-order chi connectivity index (χ0) is 11.5. The summed E-state index contributed by atoms with van der Waals surface area (Å²) in [7, 11) is 0. The summed E-state index contributed by atoms with van der Waals surface area (Å²) in [5.41, 5.74) is 7.56. The van der Waals surface area contributed by atoms with Crippen molar-refractivity contribution in [2.45, 2.75) is 13.5 Å². The first-order chi connectivity index (χ1) is 7.70. The highest BCUT2D eigenvalue weighted by Gasteiger charge is 2.08. The van der Waals surface area contributed by atoms with E-state index >= 15 is 0 Å². The van der Waals surface area contributed by atoms with Crippen molar-refractivity contribution in [2.75, 3.05) is 0 Å². The fourth-order valence-electron chi connectivity index (χ4n) is 1.39. The second-order valence-corrected chi connectivity index (χ2v) is 4.27. The Kier molecular flexibility index (Phi) is 3.26. The van der Waals surface area contributed by atoms with Crippen LogP contribution in [-0.4, -0.2) is 10.2 Å². The lowest BCUT2D eigenvalue weighted by molar-refractivity contribution is 0.455. The van der Waals surface area contributed by atoms with E-state index in [1.54, 1.807) is 0 Å². The maximum absolute atomic E-state index is 5.67. The largest absolute Gasteiger partial charge is 0.437 e. The Hall–Kier alpha value is -1.33. The van der Waals surface area contributed by atoms with E-state index in [2.05, 4.69) is 26.1 Å². The molecule has 0 amide bonds. The fraction of sp³-hybridized carbons (Fsp3) is 0.182. The monoisotopic (exact) mass is 281 g/mol. The maximum atomic E-state index is 5.67. The zero-order valence-electron chi connectivity index (χ0n) is 8.83. The second kappa shape index (κ2) is 4.67. The molecule has 84 valence electrons. The lowest BCUT2D eigenvalue weighted by atomic mass is 10.2. The van der Waals surface area contributed by atoms with Gasteiger partial charge < -0.3 is 10.5 Å². The van der Waals surface area contributed by atoms with E-state index in [1.165, 1.54) is 0 Å². The molecule has 0 aliphatic carbocycles. The Labute approximate surface area is 102 Å². The molecule has 1 aromatic carbocycles. The Bertz CT molecular complexity index is 496. The highest BCUT2D eigenvalue weighted by Crippen LogP contribution is 2.29. The predicted molar refractivity (Wildman–Crippen MR) is 65.4 cm³/mol. The van der Waals surface area contributed by atoms with E-state index in [-0.39, 0.29) is 0 Å². The number of ether oxygens (including phenoxy) is 1. The highest BCUT2D eigenvalue weighted by atomic mass is 79.9. The molecule has 0 radical (unpaired) electrons. The smallest absolute Gasteiger partial charge is 0.238 e. The van der Waals surface area contributed by atoms with Crippen molar-refractivity contribution in [3.8, 4) is 11.6 Å². The SMILES string of the molecule is Cc1cc(Oc2cccc(Br)c2CN)n[nH]1. The van der Waals surface area contributed by atoms with Crippen molar-refractivity contribution >= 4 is 15.9 Å². The molecule has 2 aromatic rings. The Balaban J connectivity index is 2.30. The van der Waals surface area contributed by atoms with Crippen molar-refractivity contribution in [3.05, 3.63) is 40.0 Å². The molecular weight excluding hydrogens is 270 g/mol.